The highest BCUT2D eigenvalue weighted by molar-refractivity contribution is 7.26. The summed E-state index contributed by atoms with van der Waals surface area (Å²) < 4.78 is 2.76. The maximum Gasteiger partial charge on any atom is 0.0440 e. The first kappa shape index (κ1) is 29.9. The number of hydrogen-bond acceptors (Lipinski definition) is 1. The third-order valence-electron chi connectivity index (χ3n) is 10.5. The standard InChI is InChI=1S/C48H38S/c1-3-11-34(12-4-1)38-15-7-8-16-39(31-38)35-22-19-33(20-23-35)21-28-42(36-13-5-2-6-14-36)40-27-29-43-41(32-40)25-24-37-26-30-45-44-17-9-10-18-46(44)49-48(45)47(37)43/h1-7,9-19,22,24-27,29-32,42H,8,20-21,23,28H2. The molecular weight excluding hydrogens is 609 g/mol. The van der Waals surface area contributed by atoms with Crippen LogP contribution in [-0.4, -0.2) is 0 Å². The maximum atomic E-state index is 2.47. The van der Waals surface area contributed by atoms with Crippen molar-refractivity contribution < 1.29 is 0 Å². The van der Waals surface area contributed by atoms with Crippen molar-refractivity contribution >= 4 is 58.6 Å². The van der Waals surface area contributed by atoms with Crippen molar-refractivity contribution in [1.29, 1.82) is 0 Å². The molecule has 0 aliphatic heterocycles. The normalized spacial score (nSPS) is 15.6. The Bertz CT molecular complexity index is 2500. The summed E-state index contributed by atoms with van der Waals surface area (Å²) in [5.74, 6) is 0.347. The Morgan fingerprint density at radius 1 is 0.612 bits per heavy atom. The molecule has 0 saturated heterocycles. The number of hydrogen-bond donors (Lipinski definition) is 0. The highest BCUT2D eigenvalue weighted by Gasteiger charge is 2.19. The molecule has 0 amide bonds. The van der Waals surface area contributed by atoms with Gasteiger partial charge in [0.2, 0.25) is 0 Å². The van der Waals surface area contributed by atoms with Gasteiger partial charge < -0.3 is 0 Å². The molecule has 0 N–H and O–H groups in total. The molecule has 1 aromatic heterocycles. The number of allylic oxidation sites excluding steroid dienone is 10. The molecule has 1 heterocycles. The lowest BCUT2D eigenvalue weighted by molar-refractivity contribution is 0.688. The van der Waals surface area contributed by atoms with Crippen LogP contribution in [0.1, 0.15) is 54.7 Å². The zero-order valence-electron chi connectivity index (χ0n) is 27.6. The van der Waals surface area contributed by atoms with Crippen LogP contribution in [0.4, 0.5) is 0 Å². The quantitative estimate of drug-likeness (QED) is 0.151. The van der Waals surface area contributed by atoms with Gasteiger partial charge in [0.05, 0.1) is 0 Å². The number of benzene rings is 6. The van der Waals surface area contributed by atoms with E-state index in [1.165, 1.54) is 75.1 Å². The van der Waals surface area contributed by atoms with Crippen LogP contribution in [0.2, 0.25) is 0 Å². The van der Waals surface area contributed by atoms with E-state index in [2.05, 4.69) is 164 Å². The molecule has 0 bridgehead atoms. The average Bonchev–Trinajstić information content (AvgIpc) is 3.37. The lowest BCUT2D eigenvalue weighted by atomic mass is 9.83. The van der Waals surface area contributed by atoms with Gasteiger partial charge in [-0.15, -0.1) is 11.3 Å². The third kappa shape index (κ3) is 5.79. The maximum absolute atomic E-state index is 2.47. The van der Waals surface area contributed by atoms with Crippen LogP contribution in [0.25, 0.3) is 47.3 Å². The molecule has 236 valence electrons. The predicted molar refractivity (Wildman–Crippen MR) is 214 cm³/mol. The summed E-state index contributed by atoms with van der Waals surface area (Å²) in [6, 6.07) is 47.2. The van der Waals surface area contributed by atoms with Crippen LogP contribution in [-0.2, 0) is 0 Å². The number of fused-ring (bicyclic) bond motifs is 7. The highest BCUT2D eigenvalue weighted by atomic mass is 32.1. The molecule has 0 nitrogen and oxygen atoms in total. The van der Waals surface area contributed by atoms with Crippen molar-refractivity contribution in [1.82, 2.24) is 0 Å². The summed E-state index contributed by atoms with van der Waals surface area (Å²) in [6.45, 7) is 0. The van der Waals surface area contributed by atoms with Gasteiger partial charge >= 0.3 is 0 Å². The smallest absolute Gasteiger partial charge is 0.0440 e. The summed E-state index contributed by atoms with van der Waals surface area (Å²) in [7, 11) is 0. The molecule has 7 aromatic rings. The van der Waals surface area contributed by atoms with E-state index in [0.29, 0.717) is 5.92 Å². The Kier molecular flexibility index (Phi) is 7.92. The first-order valence-electron chi connectivity index (χ1n) is 17.6. The zero-order valence-corrected chi connectivity index (χ0v) is 28.4. The largest absolute Gasteiger partial charge is 0.135 e. The zero-order chi connectivity index (χ0) is 32.6. The Hall–Kier alpha value is -5.24. The Balaban J connectivity index is 1.02. The van der Waals surface area contributed by atoms with Crippen molar-refractivity contribution in [2.24, 2.45) is 0 Å². The van der Waals surface area contributed by atoms with Gasteiger partial charge in [-0.2, -0.15) is 0 Å². The van der Waals surface area contributed by atoms with Gasteiger partial charge in [-0.05, 0) is 93.8 Å². The van der Waals surface area contributed by atoms with Crippen LogP contribution in [0, 0.1) is 0 Å². The molecule has 2 aliphatic carbocycles. The monoisotopic (exact) mass is 646 g/mol. The van der Waals surface area contributed by atoms with E-state index in [0.717, 1.165) is 32.1 Å². The average molecular weight is 647 g/mol. The topological polar surface area (TPSA) is 0 Å². The summed E-state index contributed by atoms with van der Waals surface area (Å²) >= 11 is 1.93. The third-order valence-corrected chi connectivity index (χ3v) is 11.7. The van der Waals surface area contributed by atoms with E-state index in [1.807, 2.05) is 11.3 Å². The second kappa shape index (κ2) is 13.0. The van der Waals surface area contributed by atoms with Crippen LogP contribution >= 0.6 is 11.3 Å². The van der Waals surface area contributed by atoms with E-state index in [4.69, 9.17) is 0 Å². The van der Waals surface area contributed by atoms with Gasteiger partial charge in [0.25, 0.3) is 0 Å². The second-order valence-corrected chi connectivity index (χ2v) is 14.5. The Morgan fingerprint density at radius 2 is 1.39 bits per heavy atom. The molecule has 9 rings (SSSR count). The molecular formula is C48H38S. The minimum absolute atomic E-state index is 0.347. The van der Waals surface area contributed by atoms with Gasteiger partial charge in [-0.1, -0.05) is 157 Å². The number of thiophene rings is 1. The van der Waals surface area contributed by atoms with Crippen molar-refractivity contribution in [2.45, 2.75) is 38.0 Å². The van der Waals surface area contributed by atoms with Crippen molar-refractivity contribution in [3.05, 3.63) is 197 Å². The summed E-state index contributed by atoms with van der Waals surface area (Å²) in [4.78, 5) is 0. The van der Waals surface area contributed by atoms with Crippen LogP contribution < -0.4 is 0 Å². The molecule has 0 radical (unpaired) electrons. The van der Waals surface area contributed by atoms with Gasteiger partial charge in [-0.25, -0.2) is 0 Å². The molecule has 1 atom stereocenters. The molecule has 49 heavy (non-hydrogen) atoms. The van der Waals surface area contributed by atoms with Crippen LogP contribution in [0.3, 0.4) is 0 Å². The molecule has 6 aromatic carbocycles. The molecule has 0 fully saturated rings. The van der Waals surface area contributed by atoms with E-state index in [9.17, 15) is 0 Å². The second-order valence-electron chi connectivity index (χ2n) is 13.5. The molecule has 0 spiro atoms. The highest BCUT2D eigenvalue weighted by Crippen LogP contribution is 2.42. The van der Waals surface area contributed by atoms with Gasteiger partial charge in [-0.3, -0.25) is 0 Å². The summed E-state index contributed by atoms with van der Waals surface area (Å²) in [5, 5.41) is 8.11. The van der Waals surface area contributed by atoms with E-state index in [1.54, 1.807) is 5.57 Å². The number of rotatable bonds is 7. The van der Waals surface area contributed by atoms with E-state index >= 15 is 0 Å². The summed E-state index contributed by atoms with van der Waals surface area (Å²) in [5.41, 5.74) is 9.76. The fourth-order valence-electron chi connectivity index (χ4n) is 7.93. The summed E-state index contributed by atoms with van der Waals surface area (Å²) in [6.07, 6.45) is 19.5. The van der Waals surface area contributed by atoms with E-state index < -0.39 is 0 Å². The van der Waals surface area contributed by atoms with Crippen LogP contribution in [0.15, 0.2) is 181 Å². The van der Waals surface area contributed by atoms with Gasteiger partial charge in [0.1, 0.15) is 0 Å². The predicted octanol–water partition coefficient (Wildman–Crippen LogP) is 13.9. The molecule has 2 aliphatic rings. The Labute approximate surface area is 292 Å². The van der Waals surface area contributed by atoms with Crippen LogP contribution in [0.5, 0.6) is 0 Å². The fourth-order valence-corrected chi connectivity index (χ4v) is 9.20. The molecule has 1 unspecified atom stereocenters. The Morgan fingerprint density at radius 3 is 2.24 bits per heavy atom. The first-order chi connectivity index (χ1) is 24.3. The lowest BCUT2D eigenvalue weighted by Crippen LogP contribution is -2.04. The van der Waals surface area contributed by atoms with Gasteiger partial charge in [0, 0.05) is 31.5 Å². The van der Waals surface area contributed by atoms with Crippen molar-refractivity contribution in [3.8, 4) is 0 Å². The fraction of sp³-hybridized carbons (Fsp3) is 0.125. The van der Waals surface area contributed by atoms with Crippen molar-refractivity contribution in [2.75, 3.05) is 0 Å². The molecule has 1 heteroatoms. The molecule has 0 saturated carbocycles. The first-order valence-corrected chi connectivity index (χ1v) is 18.4. The van der Waals surface area contributed by atoms with Crippen molar-refractivity contribution in [3.63, 3.8) is 0 Å². The SMILES string of the molecule is C1=CC(c2ccccc2)=CC(C2=CC=C(CCC(c3ccccc3)c3ccc4c(ccc5ccc6c7ccccc7sc6c54)c3)CC2)=CC1. The minimum Gasteiger partial charge on any atom is -0.135 e. The lowest BCUT2D eigenvalue weighted by Gasteiger charge is -2.22. The minimum atomic E-state index is 0.347. The van der Waals surface area contributed by atoms with Gasteiger partial charge in [0.15, 0.2) is 0 Å². The van der Waals surface area contributed by atoms with E-state index in [-0.39, 0.29) is 0 Å².